The van der Waals surface area contributed by atoms with Gasteiger partial charge in [-0.25, -0.2) is 39.9 Å². The minimum absolute atomic E-state index is 0.235. The van der Waals surface area contributed by atoms with E-state index in [4.69, 9.17) is 103 Å². The van der Waals surface area contributed by atoms with Gasteiger partial charge in [0.2, 0.25) is 11.8 Å². The maximum absolute atomic E-state index is 12.5. The maximum Gasteiger partial charge on any atom is 0.218 e. The van der Waals surface area contributed by atoms with E-state index in [1.54, 1.807) is 107 Å². The van der Waals surface area contributed by atoms with Gasteiger partial charge in [0.05, 0.1) is 118 Å². The highest BCUT2D eigenvalue weighted by molar-refractivity contribution is 6.39. The van der Waals surface area contributed by atoms with Gasteiger partial charge in [-0.2, -0.15) is 0 Å². The number of methoxy groups -OCH3 is 2. The van der Waals surface area contributed by atoms with Crippen LogP contribution in [0.3, 0.4) is 0 Å². The molecule has 1 saturated carbocycles. The maximum atomic E-state index is 12.5. The first-order valence-corrected chi connectivity index (χ1v) is 48.5. The summed E-state index contributed by atoms with van der Waals surface area (Å²) in [4.78, 5) is 45.4. The second kappa shape index (κ2) is 40.6. The van der Waals surface area contributed by atoms with Gasteiger partial charge in [-0.3, -0.25) is 9.97 Å². The number of ether oxygens (including phenoxy) is 3. The van der Waals surface area contributed by atoms with Crippen LogP contribution in [0.1, 0.15) is 198 Å². The van der Waals surface area contributed by atoms with Gasteiger partial charge >= 0.3 is 0 Å². The van der Waals surface area contributed by atoms with Crippen molar-refractivity contribution < 1.29 is 43.5 Å². The molecule has 23 nitrogen and oxygen atoms in total. The normalized spacial score (nSPS) is 14.6. The standard InChI is InChI=1S/C33H27ClN2O3.C27H23Cl3N2O.C27H32ClN5O3.C23H26ClN5O2/c1-32(2,3)30-29(27-11-6-16-38-27)25-19-22(13-14-26(25)36-31(30)28-12-7-17-39-28)33(37,23-9-5-15-35-20-23)21-8-4-10-24(34)18-21;28-21-10-4-8-18(14-21)27(33,20-9-5-13-31-16-20)19-11-12-23-22(15-19)25(29)24(26(30)32-23)17-6-2-1-3-7-17;1-16-29-14-23(32(16)3)27(34,24-15-30-17(2)33(24)4)18-8-11-22-21(13-18)25(28)20(26(31-22)35-5)10-9-19-7-6-12-36-19;1-7-16-21(24)17-10-15(8-9-18(17)27-22(16)31-6)23(30,19-11-25-13(2)28(19)4)20-12-26-14(3)29(20)5/h4-20,37H,1-3H3;4-5,8-17,33H,1-3,6-7H2;8,11,13-15,19,34H,6-7,9-10,12H2,1-5H3;8-12,30H,7H2,1-6H3. The summed E-state index contributed by atoms with van der Waals surface area (Å²) in [5, 5.41) is 55.9. The van der Waals surface area contributed by atoms with E-state index in [0.29, 0.717) is 156 Å². The summed E-state index contributed by atoms with van der Waals surface area (Å²) in [6.45, 7) is 16.9. The number of rotatable bonds is 21. The summed E-state index contributed by atoms with van der Waals surface area (Å²) in [5.41, 5.74) is 9.56. The van der Waals surface area contributed by atoms with Crippen LogP contribution in [0.25, 0.3) is 66.4 Å². The van der Waals surface area contributed by atoms with Gasteiger partial charge < -0.3 is 61.7 Å². The van der Waals surface area contributed by atoms with Crippen LogP contribution in [0, 0.1) is 27.7 Å². The third-order valence-corrected chi connectivity index (χ3v) is 29.3. The first-order valence-electron chi connectivity index (χ1n) is 46.2. The van der Waals surface area contributed by atoms with Crippen LogP contribution in [0.2, 0.25) is 30.3 Å². The zero-order chi connectivity index (χ0) is 98.3. The van der Waals surface area contributed by atoms with E-state index in [1.807, 2.05) is 221 Å². The Morgan fingerprint density at radius 2 is 0.827 bits per heavy atom. The first kappa shape index (κ1) is 98.4. The summed E-state index contributed by atoms with van der Waals surface area (Å²) >= 11 is 40.1. The lowest BCUT2D eigenvalue weighted by molar-refractivity contribution is 0.104. The molecule has 18 aromatic rings. The number of imidazole rings is 4. The van der Waals surface area contributed by atoms with Gasteiger partial charge in [0.15, 0.2) is 17.0 Å². The molecule has 6 aromatic carbocycles. The molecule has 13 heterocycles. The molecule has 2 fully saturated rings. The van der Waals surface area contributed by atoms with Gasteiger partial charge in [0, 0.05) is 125 Å². The molecule has 12 aromatic heterocycles. The lowest BCUT2D eigenvalue weighted by atomic mass is 9.78. The van der Waals surface area contributed by atoms with E-state index in [9.17, 15) is 20.4 Å². The molecule has 1 aliphatic heterocycles. The summed E-state index contributed by atoms with van der Waals surface area (Å²) in [6.07, 6.45) is 27.2. The van der Waals surface area contributed by atoms with E-state index in [1.165, 1.54) is 19.3 Å². The molecule has 20 rings (SSSR count). The number of fused-ring (bicyclic) bond motifs is 4. The van der Waals surface area contributed by atoms with Crippen molar-refractivity contribution in [2.75, 3.05) is 20.8 Å². The molecule has 139 heavy (non-hydrogen) atoms. The highest BCUT2D eigenvalue weighted by atomic mass is 35.5. The molecule has 0 bridgehead atoms. The fraction of sp³-hybridized carbons (Fsp3) is 0.291. The molecule has 1 aliphatic carbocycles. The Bertz CT molecular complexity index is 7450. The van der Waals surface area contributed by atoms with Gasteiger partial charge in [0.1, 0.15) is 51.1 Å². The van der Waals surface area contributed by atoms with Gasteiger partial charge in [-0.15, -0.1) is 0 Å². The van der Waals surface area contributed by atoms with Gasteiger partial charge in [-0.05, 0) is 232 Å². The van der Waals surface area contributed by atoms with E-state index >= 15 is 0 Å². The number of furan rings is 2. The Hall–Kier alpha value is -12.2. The summed E-state index contributed by atoms with van der Waals surface area (Å²) in [6, 6.07) is 52.2. The topological polar surface area (TPSA) is 284 Å². The molecule has 0 radical (unpaired) electrons. The van der Waals surface area contributed by atoms with Crippen molar-refractivity contribution >= 4 is 113 Å². The number of aliphatic hydroxyl groups is 4. The minimum Gasteiger partial charge on any atom is -0.481 e. The Kier molecular flexibility index (Phi) is 28.7. The van der Waals surface area contributed by atoms with Crippen molar-refractivity contribution in [3.63, 3.8) is 0 Å². The van der Waals surface area contributed by atoms with Crippen LogP contribution in [0.5, 0.6) is 11.8 Å². The minimum atomic E-state index is -1.52. The third-order valence-electron chi connectivity index (χ3n) is 27.3. The third kappa shape index (κ3) is 18.6. The van der Waals surface area contributed by atoms with E-state index in [-0.39, 0.29) is 11.5 Å². The van der Waals surface area contributed by atoms with Crippen LogP contribution >= 0.6 is 69.6 Å². The lowest BCUT2D eigenvalue weighted by Gasteiger charge is -2.31. The zero-order valence-corrected chi connectivity index (χ0v) is 84.3. The molecule has 4 N–H and O–H groups in total. The van der Waals surface area contributed by atoms with Crippen molar-refractivity contribution in [3.05, 3.63) is 375 Å². The summed E-state index contributed by atoms with van der Waals surface area (Å²) in [5.74, 6) is 5.94. The Balaban J connectivity index is 0.000000128. The Morgan fingerprint density at radius 3 is 1.22 bits per heavy atom. The predicted octanol–water partition coefficient (Wildman–Crippen LogP) is 24.5. The number of hydrogen-bond acceptors (Lipinski definition) is 19. The SMILES string of the molecule is CC(C)(C)c1c(-c2ccco2)nc2ccc(C(O)(c3cccnc3)c3cccc(Cl)c3)cc2c1-c1ccco1.CCc1c(OC)nc2ccc(C(O)(c3cnc(C)n3C)c3cnc(C)n3C)cc2c1Cl.COc1nc2ccc(C(O)(c3cnc(C)n3C)c3cnc(C)n3C)cc2c(Cl)c1CCC1CCCO1.OC(c1cccnc1)(c1cccc(Cl)c1)c1ccc2nc(Cl)c(C3CCCCC3)c(Cl)c2c1. The molecule has 1 saturated heterocycles. The molecule has 3 atom stereocenters. The molecule has 2 aliphatic rings. The number of halogens is 6. The van der Waals surface area contributed by atoms with Crippen LogP contribution < -0.4 is 9.47 Å². The number of aromatic nitrogens is 14. The van der Waals surface area contributed by atoms with E-state index in [2.05, 4.69) is 60.6 Å². The predicted molar refractivity (Wildman–Crippen MR) is 548 cm³/mol. The highest BCUT2D eigenvalue weighted by Gasteiger charge is 2.44. The second-order valence-corrected chi connectivity index (χ2v) is 38.9. The second-order valence-electron chi connectivity index (χ2n) is 36.5. The molecule has 714 valence electrons. The molecular formula is C110H108Cl6N14O9. The average molecular weight is 1980 g/mol. The fourth-order valence-corrected chi connectivity index (χ4v) is 21.3. The fourth-order valence-electron chi connectivity index (χ4n) is 19.4. The molecule has 3 unspecified atom stereocenters. The summed E-state index contributed by atoms with van der Waals surface area (Å²) in [7, 11) is 10.8. The van der Waals surface area contributed by atoms with Crippen molar-refractivity contribution in [2.45, 2.75) is 159 Å². The average Bonchev–Trinajstić information content (AvgIpc) is 1.71. The smallest absolute Gasteiger partial charge is 0.218 e. The lowest BCUT2D eigenvalue weighted by Crippen LogP contribution is -2.33. The van der Waals surface area contributed by atoms with E-state index < -0.39 is 22.4 Å². The molecule has 0 amide bonds. The monoisotopic (exact) mass is 1980 g/mol. The van der Waals surface area contributed by atoms with Crippen LogP contribution in [0.15, 0.2) is 241 Å². The highest BCUT2D eigenvalue weighted by Crippen LogP contribution is 2.51. The van der Waals surface area contributed by atoms with Gasteiger partial charge in [-0.1, -0.05) is 177 Å². The Morgan fingerprint density at radius 1 is 0.417 bits per heavy atom. The largest absolute Gasteiger partial charge is 0.481 e. The molecule has 0 spiro atoms. The Labute approximate surface area is 836 Å². The van der Waals surface area contributed by atoms with Gasteiger partial charge in [0.25, 0.3) is 0 Å². The quantitative estimate of drug-likeness (QED) is 0.0486. The van der Waals surface area contributed by atoms with Crippen LogP contribution in [0.4, 0.5) is 0 Å². The number of hydrogen-bond donors (Lipinski definition) is 4. The zero-order valence-electron chi connectivity index (χ0n) is 79.7. The van der Waals surface area contributed by atoms with Crippen molar-refractivity contribution in [3.8, 4) is 34.5 Å². The number of pyridine rings is 6. The van der Waals surface area contributed by atoms with Crippen molar-refractivity contribution in [2.24, 2.45) is 28.2 Å². The van der Waals surface area contributed by atoms with Crippen LogP contribution in [-0.4, -0.2) is 115 Å². The molecule has 29 heteroatoms. The number of nitrogens with zero attached hydrogens (tertiary/aromatic N) is 14. The van der Waals surface area contributed by atoms with Crippen LogP contribution in [-0.2, 0) is 73.6 Å². The summed E-state index contributed by atoms with van der Waals surface area (Å²) < 4.78 is 36.2. The van der Waals surface area contributed by atoms with Crippen molar-refractivity contribution in [1.82, 2.24) is 68.1 Å². The number of benzene rings is 6. The van der Waals surface area contributed by atoms with E-state index in [0.717, 1.165) is 123 Å². The molecular weight excluding hydrogens is 1870 g/mol. The van der Waals surface area contributed by atoms with Crippen molar-refractivity contribution in [1.29, 1.82) is 0 Å². The first-order chi connectivity index (χ1) is 66.7. The number of aryl methyl sites for hydroxylation is 4.